The summed E-state index contributed by atoms with van der Waals surface area (Å²) in [4.78, 5) is 11.7. The number of morpholine rings is 1. The van der Waals surface area contributed by atoms with Crippen molar-refractivity contribution in [3.8, 4) is 0 Å². The van der Waals surface area contributed by atoms with Gasteiger partial charge in [0.1, 0.15) is 0 Å². The van der Waals surface area contributed by atoms with E-state index in [9.17, 15) is 4.79 Å². The molecule has 0 radical (unpaired) electrons. The lowest BCUT2D eigenvalue weighted by molar-refractivity contribution is -0.0287. The molecule has 4 heteroatoms. The molecule has 0 aromatic heterocycles. The number of carbonyl (C=O) groups excluding carboxylic acids is 1. The Morgan fingerprint density at radius 2 is 1.95 bits per heavy atom. The second-order valence-corrected chi connectivity index (χ2v) is 5.11. The van der Waals surface area contributed by atoms with Crippen LogP contribution in [-0.4, -0.2) is 32.3 Å². The van der Waals surface area contributed by atoms with Gasteiger partial charge in [-0.2, -0.15) is 0 Å². The molecule has 1 N–H and O–H groups in total. The number of rotatable bonds is 2. The Morgan fingerprint density at radius 3 is 2.47 bits per heavy atom. The summed E-state index contributed by atoms with van der Waals surface area (Å²) < 4.78 is 10.7. The fourth-order valence-electron chi connectivity index (χ4n) is 2.60. The molecule has 0 aliphatic carbocycles. The molecule has 104 valence electrons. The maximum atomic E-state index is 11.7. The normalized spacial score (nSPS) is 23.2. The number of benzene rings is 1. The molecular formula is C15H21NO3. The summed E-state index contributed by atoms with van der Waals surface area (Å²) in [5.74, 6) is -0.280. The molecular weight excluding hydrogens is 242 g/mol. The lowest BCUT2D eigenvalue weighted by atomic mass is 9.96. The Morgan fingerprint density at radius 1 is 1.32 bits per heavy atom. The fraction of sp³-hybridized carbons (Fsp3) is 0.533. The molecule has 4 nitrogen and oxygen atoms in total. The standard InChI is InChI=1S/C15H21NO3/c1-9-5-12(13-8-16-7-11(3)19-13)6-10(2)14(9)15(17)18-4/h5-6,11,13,16H,7-8H2,1-4H3/t11-,13-/m0/s1. The zero-order valence-electron chi connectivity index (χ0n) is 11.9. The van der Waals surface area contributed by atoms with E-state index < -0.39 is 0 Å². The Hall–Kier alpha value is -1.39. The molecule has 0 amide bonds. The van der Waals surface area contributed by atoms with Crippen LogP contribution in [0.3, 0.4) is 0 Å². The quantitative estimate of drug-likeness (QED) is 0.830. The topological polar surface area (TPSA) is 47.6 Å². The Bertz CT molecular complexity index is 461. The summed E-state index contributed by atoms with van der Waals surface area (Å²) in [6, 6.07) is 4.04. The molecule has 1 fully saturated rings. The van der Waals surface area contributed by atoms with Crippen molar-refractivity contribution in [2.45, 2.75) is 33.0 Å². The first kappa shape index (κ1) is 14.0. The molecule has 0 bridgehead atoms. The van der Waals surface area contributed by atoms with Gasteiger partial charge in [0.2, 0.25) is 0 Å². The minimum atomic E-state index is -0.280. The number of nitrogens with one attached hydrogen (secondary N) is 1. The summed E-state index contributed by atoms with van der Waals surface area (Å²) in [6.45, 7) is 7.61. The monoisotopic (exact) mass is 263 g/mol. The molecule has 0 saturated carbocycles. The number of ether oxygens (including phenoxy) is 2. The van der Waals surface area contributed by atoms with Gasteiger partial charge in [-0.05, 0) is 37.5 Å². The lowest BCUT2D eigenvalue weighted by Crippen LogP contribution is -2.39. The Labute approximate surface area is 114 Å². The van der Waals surface area contributed by atoms with Crippen LogP contribution in [0, 0.1) is 13.8 Å². The third kappa shape index (κ3) is 2.96. The average molecular weight is 263 g/mol. The van der Waals surface area contributed by atoms with E-state index in [0.717, 1.165) is 29.8 Å². The van der Waals surface area contributed by atoms with Crippen LogP contribution in [0.2, 0.25) is 0 Å². The second kappa shape index (κ2) is 5.72. The average Bonchev–Trinajstić information content (AvgIpc) is 2.37. The first-order valence-corrected chi connectivity index (χ1v) is 6.58. The highest BCUT2D eigenvalue weighted by Crippen LogP contribution is 2.26. The summed E-state index contributed by atoms with van der Waals surface area (Å²) in [5.41, 5.74) is 3.64. The molecule has 1 aliphatic heterocycles. The molecule has 1 aromatic carbocycles. The van der Waals surface area contributed by atoms with E-state index in [1.165, 1.54) is 7.11 Å². The van der Waals surface area contributed by atoms with Gasteiger partial charge in [0, 0.05) is 13.1 Å². The van der Waals surface area contributed by atoms with Crippen LogP contribution in [0.4, 0.5) is 0 Å². The van der Waals surface area contributed by atoms with E-state index in [0.29, 0.717) is 5.56 Å². The number of carbonyl (C=O) groups is 1. The smallest absolute Gasteiger partial charge is 0.338 e. The maximum absolute atomic E-state index is 11.7. The molecule has 2 rings (SSSR count). The van der Waals surface area contributed by atoms with Gasteiger partial charge in [0.25, 0.3) is 0 Å². The molecule has 1 heterocycles. The fourth-order valence-corrected chi connectivity index (χ4v) is 2.60. The number of hydrogen-bond acceptors (Lipinski definition) is 4. The highest BCUT2D eigenvalue weighted by Gasteiger charge is 2.22. The first-order chi connectivity index (χ1) is 9.02. The molecule has 19 heavy (non-hydrogen) atoms. The largest absolute Gasteiger partial charge is 0.465 e. The summed E-state index contributed by atoms with van der Waals surface area (Å²) in [7, 11) is 1.41. The lowest BCUT2D eigenvalue weighted by Gasteiger charge is -2.29. The highest BCUT2D eigenvalue weighted by atomic mass is 16.5. The van der Waals surface area contributed by atoms with E-state index in [1.807, 2.05) is 26.0 Å². The molecule has 1 aliphatic rings. The predicted octanol–water partition coefficient (Wildman–Crippen LogP) is 2.14. The SMILES string of the molecule is COC(=O)c1c(C)cc([C@@H]2CNC[C@H](C)O2)cc1C. The van der Waals surface area contributed by atoms with Crippen molar-refractivity contribution in [3.05, 3.63) is 34.4 Å². The van der Waals surface area contributed by atoms with Crippen molar-refractivity contribution >= 4 is 5.97 Å². The van der Waals surface area contributed by atoms with Gasteiger partial charge in [0.05, 0.1) is 24.9 Å². The summed E-state index contributed by atoms with van der Waals surface area (Å²) >= 11 is 0. The van der Waals surface area contributed by atoms with Gasteiger partial charge >= 0.3 is 5.97 Å². The van der Waals surface area contributed by atoms with E-state index in [4.69, 9.17) is 9.47 Å². The van der Waals surface area contributed by atoms with Gasteiger partial charge in [0.15, 0.2) is 0 Å². The van der Waals surface area contributed by atoms with E-state index in [-0.39, 0.29) is 18.2 Å². The second-order valence-electron chi connectivity index (χ2n) is 5.11. The van der Waals surface area contributed by atoms with Crippen LogP contribution in [0.1, 0.15) is 40.1 Å². The van der Waals surface area contributed by atoms with Gasteiger partial charge in [-0.15, -0.1) is 0 Å². The summed E-state index contributed by atoms with van der Waals surface area (Å²) in [5, 5.41) is 3.35. The zero-order valence-corrected chi connectivity index (χ0v) is 11.9. The van der Waals surface area contributed by atoms with Crippen molar-refractivity contribution in [1.82, 2.24) is 5.32 Å². The maximum Gasteiger partial charge on any atom is 0.338 e. The highest BCUT2D eigenvalue weighted by molar-refractivity contribution is 5.92. The Balaban J connectivity index is 2.31. The molecule has 0 spiro atoms. The van der Waals surface area contributed by atoms with Crippen LogP contribution in [0.5, 0.6) is 0 Å². The van der Waals surface area contributed by atoms with Crippen molar-refractivity contribution < 1.29 is 14.3 Å². The van der Waals surface area contributed by atoms with Crippen LogP contribution in [0.15, 0.2) is 12.1 Å². The third-order valence-corrected chi connectivity index (χ3v) is 3.47. The minimum Gasteiger partial charge on any atom is -0.465 e. The number of esters is 1. The van der Waals surface area contributed by atoms with E-state index in [2.05, 4.69) is 12.2 Å². The molecule has 0 unspecified atom stereocenters. The van der Waals surface area contributed by atoms with Crippen LogP contribution >= 0.6 is 0 Å². The molecule has 1 aromatic rings. The molecule has 2 atom stereocenters. The first-order valence-electron chi connectivity index (χ1n) is 6.58. The van der Waals surface area contributed by atoms with Gasteiger partial charge in [-0.1, -0.05) is 12.1 Å². The molecule has 1 saturated heterocycles. The van der Waals surface area contributed by atoms with Gasteiger partial charge < -0.3 is 14.8 Å². The van der Waals surface area contributed by atoms with E-state index in [1.54, 1.807) is 0 Å². The van der Waals surface area contributed by atoms with Crippen LogP contribution in [0.25, 0.3) is 0 Å². The van der Waals surface area contributed by atoms with Crippen molar-refractivity contribution in [2.24, 2.45) is 0 Å². The van der Waals surface area contributed by atoms with Gasteiger partial charge in [-0.25, -0.2) is 4.79 Å². The number of methoxy groups -OCH3 is 1. The third-order valence-electron chi connectivity index (χ3n) is 3.47. The Kier molecular flexibility index (Phi) is 4.22. The van der Waals surface area contributed by atoms with Gasteiger partial charge in [-0.3, -0.25) is 0 Å². The summed E-state index contributed by atoms with van der Waals surface area (Å²) in [6.07, 6.45) is 0.257. The van der Waals surface area contributed by atoms with Crippen LogP contribution in [-0.2, 0) is 9.47 Å². The number of hydrogen-bond donors (Lipinski definition) is 1. The van der Waals surface area contributed by atoms with Crippen molar-refractivity contribution in [2.75, 3.05) is 20.2 Å². The van der Waals surface area contributed by atoms with Crippen molar-refractivity contribution in [1.29, 1.82) is 0 Å². The van der Waals surface area contributed by atoms with Crippen molar-refractivity contribution in [3.63, 3.8) is 0 Å². The number of aryl methyl sites for hydroxylation is 2. The van der Waals surface area contributed by atoms with Crippen LogP contribution < -0.4 is 5.32 Å². The minimum absolute atomic E-state index is 0.0489. The zero-order chi connectivity index (χ0) is 14.0. The van der Waals surface area contributed by atoms with E-state index >= 15 is 0 Å². The predicted molar refractivity (Wildman–Crippen MR) is 73.4 cm³/mol.